The first kappa shape index (κ1) is 22.5. The Labute approximate surface area is 201 Å². The van der Waals surface area contributed by atoms with Gasteiger partial charge in [0, 0.05) is 27.9 Å². The number of ether oxygens (including phenoxy) is 2. The van der Waals surface area contributed by atoms with Crippen LogP contribution < -0.4 is 9.47 Å². The molecule has 33 heavy (non-hydrogen) atoms. The Morgan fingerprint density at radius 2 is 1.48 bits per heavy atom. The van der Waals surface area contributed by atoms with Crippen LogP contribution in [0.3, 0.4) is 0 Å². The molecule has 0 atom stereocenters. The molecule has 1 aromatic heterocycles. The highest BCUT2D eigenvalue weighted by molar-refractivity contribution is 6.36. The van der Waals surface area contributed by atoms with E-state index in [0.717, 1.165) is 11.1 Å². The van der Waals surface area contributed by atoms with E-state index in [-0.39, 0.29) is 5.88 Å². The fourth-order valence-electron chi connectivity index (χ4n) is 3.33. The van der Waals surface area contributed by atoms with Crippen LogP contribution in [-0.2, 0) is 0 Å². The molecule has 5 nitrogen and oxygen atoms in total. The Bertz CT molecular complexity index is 1350. The van der Waals surface area contributed by atoms with Gasteiger partial charge in [0.2, 0.25) is 5.88 Å². The van der Waals surface area contributed by atoms with Crippen molar-refractivity contribution in [3.05, 3.63) is 87.9 Å². The number of nitriles is 1. The molecule has 0 aliphatic carbocycles. The van der Waals surface area contributed by atoms with Gasteiger partial charge < -0.3 is 13.9 Å². The van der Waals surface area contributed by atoms with Crippen LogP contribution in [-0.4, -0.2) is 20.4 Å². The van der Waals surface area contributed by atoms with Gasteiger partial charge in [-0.05, 0) is 54.1 Å². The van der Waals surface area contributed by atoms with E-state index in [1.54, 1.807) is 38.6 Å². The SMILES string of the molecule is COc1ccc(-c2oc(N=Cc3ccc(Cl)cc3Cl)c(C#N)c2-c2ccc(OC)cc2)cc1. The standard InChI is InChI=1S/C26H18Cl2N2O3/c1-31-20-9-4-16(5-10-20)24-22(14-29)26(30-15-18-3-8-19(27)13-23(18)28)33-25(24)17-6-11-21(32-2)12-7-17/h3-13,15H,1-2H3. The van der Waals surface area contributed by atoms with Crippen LogP contribution in [0.25, 0.3) is 22.5 Å². The molecular weight excluding hydrogens is 459 g/mol. The zero-order valence-corrected chi connectivity index (χ0v) is 19.3. The molecule has 164 valence electrons. The predicted molar refractivity (Wildman–Crippen MR) is 131 cm³/mol. The molecule has 0 fully saturated rings. The molecule has 0 bridgehead atoms. The first-order valence-electron chi connectivity index (χ1n) is 9.89. The molecule has 0 amide bonds. The van der Waals surface area contributed by atoms with Gasteiger partial charge in [-0.15, -0.1) is 0 Å². The van der Waals surface area contributed by atoms with Crippen molar-refractivity contribution in [2.45, 2.75) is 0 Å². The lowest BCUT2D eigenvalue weighted by Crippen LogP contribution is -1.87. The molecule has 0 saturated heterocycles. The topological polar surface area (TPSA) is 67.8 Å². The number of rotatable bonds is 6. The summed E-state index contributed by atoms with van der Waals surface area (Å²) in [4.78, 5) is 4.45. The molecule has 0 aliphatic rings. The third-order valence-electron chi connectivity index (χ3n) is 5.02. The molecule has 0 N–H and O–H groups in total. The molecule has 3 aromatic carbocycles. The quantitative estimate of drug-likeness (QED) is 0.269. The molecule has 4 rings (SSSR count). The highest BCUT2D eigenvalue weighted by atomic mass is 35.5. The zero-order chi connectivity index (χ0) is 23.4. The second kappa shape index (κ2) is 9.83. The molecule has 0 unspecified atom stereocenters. The maximum atomic E-state index is 10.0. The molecule has 0 spiro atoms. The summed E-state index contributed by atoms with van der Waals surface area (Å²) in [5.74, 6) is 2.13. The highest BCUT2D eigenvalue weighted by Crippen LogP contribution is 2.43. The number of hydrogen-bond donors (Lipinski definition) is 0. The van der Waals surface area contributed by atoms with Crippen LogP contribution in [0.4, 0.5) is 5.88 Å². The van der Waals surface area contributed by atoms with Crippen molar-refractivity contribution in [2.24, 2.45) is 4.99 Å². The molecule has 0 radical (unpaired) electrons. The summed E-state index contributed by atoms with van der Waals surface area (Å²) in [6.45, 7) is 0. The average molecular weight is 477 g/mol. The van der Waals surface area contributed by atoms with E-state index in [0.29, 0.717) is 44.0 Å². The third kappa shape index (κ3) is 4.73. The van der Waals surface area contributed by atoms with Crippen molar-refractivity contribution in [3.63, 3.8) is 0 Å². The normalized spacial score (nSPS) is 10.9. The van der Waals surface area contributed by atoms with E-state index in [1.165, 1.54) is 0 Å². The zero-order valence-electron chi connectivity index (χ0n) is 17.8. The van der Waals surface area contributed by atoms with Crippen molar-refractivity contribution in [3.8, 4) is 40.0 Å². The van der Waals surface area contributed by atoms with Gasteiger partial charge in [-0.2, -0.15) is 5.26 Å². The van der Waals surface area contributed by atoms with Gasteiger partial charge in [0.05, 0.1) is 19.2 Å². The van der Waals surface area contributed by atoms with Crippen LogP contribution in [0, 0.1) is 11.3 Å². The van der Waals surface area contributed by atoms with Crippen LogP contribution in [0.2, 0.25) is 10.0 Å². The van der Waals surface area contributed by atoms with Crippen LogP contribution >= 0.6 is 23.2 Å². The predicted octanol–water partition coefficient (Wildman–Crippen LogP) is 7.56. The third-order valence-corrected chi connectivity index (χ3v) is 5.58. The Balaban J connectivity index is 1.87. The van der Waals surface area contributed by atoms with Crippen molar-refractivity contribution >= 4 is 35.3 Å². The van der Waals surface area contributed by atoms with E-state index in [1.807, 2.05) is 48.5 Å². The summed E-state index contributed by atoms with van der Waals surface area (Å²) in [6.07, 6.45) is 1.55. The van der Waals surface area contributed by atoms with Gasteiger partial charge in [-0.25, -0.2) is 4.99 Å². The Morgan fingerprint density at radius 1 is 0.879 bits per heavy atom. The fraction of sp³-hybridized carbons (Fsp3) is 0.0769. The van der Waals surface area contributed by atoms with Gasteiger partial charge in [0.25, 0.3) is 0 Å². The molecule has 7 heteroatoms. The molecule has 4 aromatic rings. The number of methoxy groups -OCH3 is 2. The largest absolute Gasteiger partial charge is 0.497 e. The number of halogens is 2. The van der Waals surface area contributed by atoms with Crippen molar-refractivity contribution in [1.29, 1.82) is 5.26 Å². The molecule has 0 aliphatic heterocycles. The Kier molecular flexibility index (Phi) is 6.69. The lowest BCUT2D eigenvalue weighted by molar-refractivity contribution is 0.414. The van der Waals surface area contributed by atoms with E-state index >= 15 is 0 Å². The second-order valence-electron chi connectivity index (χ2n) is 6.98. The van der Waals surface area contributed by atoms with Gasteiger partial charge >= 0.3 is 0 Å². The van der Waals surface area contributed by atoms with Gasteiger partial charge in [0.1, 0.15) is 28.9 Å². The fourth-order valence-corrected chi connectivity index (χ4v) is 3.78. The molecular formula is C26H18Cl2N2O3. The summed E-state index contributed by atoms with van der Waals surface area (Å²) in [6, 6.07) is 22.2. The van der Waals surface area contributed by atoms with E-state index in [2.05, 4.69) is 11.1 Å². The van der Waals surface area contributed by atoms with E-state index in [4.69, 9.17) is 37.1 Å². The number of benzene rings is 3. The number of nitrogens with zero attached hydrogens (tertiary/aromatic N) is 2. The average Bonchev–Trinajstić information content (AvgIpc) is 3.22. The van der Waals surface area contributed by atoms with Gasteiger partial charge in [-0.3, -0.25) is 0 Å². The van der Waals surface area contributed by atoms with Crippen LogP contribution in [0.5, 0.6) is 11.5 Å². The smallest absolute Gasteiger partial charge is 0.238 e. The minimum absolute atomic E-state index is 0.181. The summed E-state index contributed by atoms with van der Waals surface area (Å²) in [5, 5.41) is 11.0. The van der Waals surface area contributed by atoms with Crippen molar-refractivity contribution < 1.29 is 13.9 Å². The maximum absolute atomic E-state index is 10.0. The Morgan fingerprint density at radius 3 is 2.03 bits per heavy atom. The summed E-state index contributed by atoms with van der Waals surface area (Å²) < 4.78 is 16.7. The monoisotopic (exact) mass is 476 g/mol. The van der Waals surface area contributed by atoms with E-state index in [9.17, 15) is 5.26 Å². The van der Waals surface area contributed by atoms with E-state index < -0.39 is 0 Å². The second-order valence-corrected chi connectivity index (χ2v) is 7.82. The maximum Gasteiger partial charge on any atom is 0.238 e. The first-order valence-corrected chi connectivity index (χ1v) is 10.6. The lowest BCUT2D eigenvalue weighted by atomic mass is 9.98. The minimum Gasteiger partial charge on any atom is -0.497 e. The van der Waals surface area contributed by atoms with Crippen molar-refractivity contribution in [1.82, 2.24) is 0 Å². The highest BCUT2D eigenvalue weighted by Gasteiger charge is 2.23. The number of furan rings is 1. The van der Waals surface area contributed by atoms with Crippen LogP contribution in [0.15, 0.2) is 76.1 Å². The van der Waals surface area contributed by atoms with Crippen molar-refractivity contribution in [2.75, 3.05) is 14.2 Å². The van der Waals surface area contributed by atoms with Crippen LogP contribution in [0.1, 0.15) is 11.1 Å². The number of hydrogen-bond acceptors (Lipinski definition) is 5. The summed E-state index contributed by atoms with van der Waals surface area (Å²) >= 11 is 12.2. The number of aliphatic imine (C=N–C) groups is 1. The van der Waals surface area contributed by atoms with Gasteiger partial charge in [-0.1, -0.05) is 41.4 Å². The summed E-state index contributed by atoms with van der Waals surface area (Å²) in [7, 11) is 3.21. The lowest BCUT2D eigenvalue weighted by Gasteiger charge is -2.06. The first-order chi connectivity index (χ1) is 16.0. The molecule has 0 saturated carbocycles. The molecule has 1 heterocycles. The Hall–Kier alpha value is -3.72. The van der Waals surface area contributed by atoms with Gasteiger partial charge in [0.15, 0.2) is 0 Å². The minimum atomic E-state index is 0.181. The summed E-state index contributed by atoms with van der Waals surface area (Å²) in [5.41, 5.74) is 3.18.